The molecule has 135 heavy (non-hydrogen) atoms. The Hall–Kier alpha value is -10.9. The minimum atomic E-state index is -0.909. The Labute approximate surface area is 835 Å². The summed E-state index contributed by atoms with van der Waals surface area (Å²) in [5.74, 6) is -0.257. The molecule has 4 aromatic carbocycles. The maximum atomic E-state index is 13.1. The lowest BCUT2D eigenvalue weighted by Crippen LogP contribution is -2.53. The van der Waals surface area contributed by atoms with Crippen molar-refractivity contribution in [3.05, 3.63) is 219 Å². The zero-order valence-corrected chi connectivity index (χ0v) is 84.5. The number of halogens is 7. The number of Topliss-reactive ketones (excluding diaryl/α,β-unsaturated/α-hetero) is 1. The van der Waals surface area contributed by atoms with Crippen LogP contribution in [0, 0.1) is 5.41 Å². The summed E-state index contributed by atoms with van der Waals surface area (Å²) < 4.78 is 18.0. The number of nitrogens with one attached hydrogen (secondary N) is 2. The summed E-state index contributed by atoms with van der Waals surface area (Å²) in [7, 11) is 1.13. The van der Waals surface area contributed by atoms with Crippen LogP contribution in [0.4, 0.5) is 56.8 Å². The van der Waals surface area contributed by atoms with Crippen LogP contribution in [0.2, 0.25) is 30.4 Å². The highest BCUT2D eigenvalue weighted by Crippen LogP contribution is 2.43. The van der Waals surface area contributed by atoms with Gasteiger partial charge in [0, 0.05) is 75.7 Å². The first kappa shape index (κ1) is 108. The van der Waals surface area contributed by atoms with Crippen LogP contribution in [-0.2, 0) is 25.4 Å². The highest BCUT2D eigenvalue weighted by atomic mass is 79.9. The number of benzene rings is 4. The fourth-order valence-corrected chi connectivity index (χ4v) is 17.0. The molecule has 0 unspecified atom stereocenters. The van der Waals surface area contributed by atoms with E-state index in [1.165, 1.54) is 64.5 Å². The molecule has 11 heterocycles. The number of pyridine rings is 2. The first-order chi connectivity index (χ1) is 63.5. The lowest BCUT2D eigenvalue weighted by Gasteiger charge is -2.39. The van der Waals surface area contributed by atoms with Crippen molar-refractivity contribution in [2.24, 2.45) is 11.1 Å². The number of carbonyl (C=O) groups excluding carboxylic acids is 4. The van der Waals surface area contributed by atoms with Crippen molar-refractivity contribution in [2.45, 2.75) is 171 Å². The third-order valence-corrected chi connectivity index (χ3v) is 26.8. The van der Waals surface area contributed by atoms with E-state index >= 15 is 0 Å². The smallest absolute Gasteiger partial charge is 0.408 e. The summed E-state index contributed by atoms with van der Waals surface area (Å²) >= 11 is 46.8. The maximum Gasteiger partial charge on any atom is 0.408 e. The Morgan fingerprint density at radius 2 is 0.948 bits per heavy atom. The van der Waals surface area contributed by atoms with Gasteiger partial charge in [-0.3, -0.25) is 28.0 Å². The monoisotopic (exact) mass is 2100 g/mol. The van der Waals surface area contributed by atoms with Crippen LogP contribution in [-0.4, -0.2) is 161 Å². The molecule has 35 nitrogen and oxygen atoms in total. The number of thiol groups is 1. The van der Waals surface area contributed by atoms with E-state index in [1.54, 1.807) is 91.3 Å². The number of nitrogens with zero attached hydrogens (tertiary/aromatic N) is 14. The molecule has 46 heteroatoms. The van der Waals surface area contributed by atoms with Gasteiger partial charge in [-0.2, -0.15) is 9.97 Å². The zero-order chi connectivity index (χ0) is 99.2. The van der Waals surface area contributed by atoms with Crippen LogP contribution in [0.15, 0.2) is 195 Å². The number of piperidine rings is 3. The van der Waals surface area contributed by atoms with E-state index in [-0.39, 0.29) is 68.6 Å². The highest BCUT2D eigenvalue weighted by molar-refractivity contribution is 9.10. The second-order valence-corrected chi connectivity index (χ2v) is 40.1. The number of hydrogen-bond acceptors (Lipinski definition) is 36. The third kappa shape index (κ3) is 31.6. The van der Waals surface area contributed by atoms with Crippen LogP contribution in [0.5, 0.6) is 11.8 Å². The Morgan fingerprint density at radius 3 is 1.39 bits per heavy atom. The first-order valence-electron chi connectivity index (χ1n) is 41.4. The van der Waals surface area contributed by atoms with Crippen molar-refractivity contribution < 1.29 is 43.6 Å². The number of anilines is 9. The number of rotatable bonds is 15. The van der Waals surface area contributed by atoms with Gasteiger partial charge in [0.05, 0.1) is 75.5 Å². The van der Waals surface area contributed by atoms with E-state index in [9.17, 15) is 39.0 Å². The maximum absolute atomic E-state index is 13.1. The number of ketones is 1. The van der Waals surface area contributed by atoms with Gasteiger partial charge in [-0.25, -0.2) is 49.5 Å². The fraction of sp³-hybridized carbons (Fsp3) is 0.326. The van der Waals surface area contributed by atoms with Gasteiger partial charge in [-0.1, -0.05) is 154 Å². The number of nitrogen functional groups attached to an aromatic ring is 7. The number of hydrogen-bond donors (Lipinski definition) is 13. The van der Waals surface area contributed by atoms with Gasteiger partial charge in [-0.05, 0) is 201 Å². The lowest BCUT2D eigenvalue weighted by atomic mass is 9.77. The van der Waals surface area contributed by atoms with Crippen molar-refractivity contribution in [1.29, 1.82) is 0 Å². The third-order valence-electron chi connectivity index (χ3n) is 20.1. The second-order valence-electron chi connectivity index (χ2n) is 33.4. The molecule has 0 bridgehead atoms. The van der Waals surface area contributed by atoms with E-state index in [1.807, 2.05) is 71.9 Å². The summed E-state index contributed by atoms with van der Waals surface area (Å²) in [5.41, 5.74) is 45.8. The van der Waals surface area contributed by atoms with Crippen molar-refractivity contribution in [2.75, 3.05) is 96.3 Å². The van der Waals surface area contributed by atoms with Crippen LogP contribution < -0.4 is 77.4 Å². The number of amides is 1. The standard InChI is InChI=1S/C26H26ClN7O3S.C22H30ClN5O2S.C11H22N2O2.C10H8Cl2N4S.C10H8N2O4.C6H6ClNS.C4H3BrClN3/c1-26(29)8-11-33(12-9-26)19-14-30-24(22(28)31-19)38-17-6-4-5-15(21(17)27)13-16(35)20-23(36)32-18-7-2-3-10-34(18)25(20)37;1-21(2,3)30-17(29)12-22(4)8-10-28(11-9-22)16-13-26-20(19(25)27-16)31-15-7-5-6-14(24)18(15)23;1-10(2,3)15-9(14)13-11(4)5-7-12-8-6-11;11-7-4-15-10(9(14)16-7)17-6-3-1-2-5(13)8(6)12;1-16-10(15)7-8(13)11-6-4-2-3-5-12(6)9(7)14;7-6-4(8)2-1-3-5(6)9;5-3-4(7)9-2(6)1-8-3/h2-7,10,14,36H,8-9,11-13,29H2,1H3,(H2,28,31);5-7,13H,8-12,24H2,1-4H3,(H2,25,27);12H,5-8H2,1-4H3,(H,13,14);1-4H,13H2,(H2,14,16);2-5,13H,1H3;1-3,9H,8H2;1H,(H2,7,9). The Bertz CT molecular complexity index is 6350. The van der Waals surface area contributed by atoms with Crippen molar-refractivity contribution in [3.8, 4) is 11.8 Å². The number of alkyl carbamates (subject to hydrolysis) is 1. The first-order valence-corrected chi connectivity index (χ1v) is 47.3. The van der Waals surface area contributed by atoms with Gasteiger partial charge in [0.2, 0.25) is 11.8 Å². The molecule has 718 valence electrons. The molecule has 0 radical (unpaired) electrons. The number of aromatic nitrogens is 12. The van der Waals surface area contributed by atoms with Crippen molar-refractivity contribution in [3.63, 3.8) is 0 Å². The molecule has 3 fully saturated rings. The minimum Gasteiger partial charge on any atom is -0.493 e. The molecule has 3 aliphatic heterocycles. The minimum absolute atomic E-state index is 0.0857. The predicted molar refractivity (Wildman–Crippen MR) is 542 cm³/mol. The zero-order valence-electron chi connectivity index (χ0n) is 75.0. The number of ether oxygens (including phenoxy) is 3. The fourth-order valence-electron chi connectivity index (χ4n) is 12.9. The molecule has 0 saturated carbocycles. The van der Waals surface area contributed by atoms with Crippen LogP contribution in [0.25, 0.3) is 11.3 Å². The number of nitrogens with two attached hydrogens (primary N) is 8. The summed E-state index contributed by atoms with van der Waals surface area (Å²) in [5, 5.41) is 30.0. The molecule has 0 spiro atoms. The predicted octanol–water partition coefficient (Wildman–Crippen LogP) is 16.7. The van der Waals surface area contributed by atoms with Gasteiger partial charge >= 0.3 is 18.0 Å². The molecule has 20 N–H and O–H groups in total. The van der Waals surface area contributed by atoms with Crippen molar-refractivity contribution >= 4 is 221 Å². The SMILES string of the molecule is CC1(CC(=O)OC(C)(C)C)CCN(c2cnc(Sc3cccc(N)c3Cl)c(N)n2)CC1.CC1(N)CCN(c2cnc(Sc3cccc(CC(=O)c4c(O)nc5ccccn5c4=O)c3Cl)c(N)n2)CC1.CC1(NC(=O)OC(C)(C)C)CCNCC1.COC(=O)c1c(O)nc2ccccn2c1=O.Nc1cccc(S)c1Cl.Nc1cccc(Sc2ncc(Cl)nc2N)c1Cl.Nc1nc(Cl)cnc1Br. The molecule has 3 saturated heterocycles. The second kappa shape index (κ2) is 48.2. The number of fused-ring (bicyclic) bond motifs is 2. The number of methoxy groups -OCH3 is 1. The lowest BCUT2D eigenvalue weighted by molar-refractivity contribution is -0.157. The average Bonchev–Trinajstić information content (AvgIpc) is 0.784. The van der Waals surface area contributed by atoms with E-state index in [4.69, 9.17) is 125 Å². The van der Waals surface area contributed by atoms with Gasteiger partial charge in [0.15, 0.2) is 34.6 Å². The number of esters is 2. The van der Waals surface area contributed by atoms with Gasteiger partial charge < -0.3 is 90.7 Å². The quantitative estimate of drug-likeness (QED) is 0.0149. The Kier molecular flexibility index (Phi) is 38.5. The summed E-state index contributed by atoms with van der Waals surface area (Å²) in [4.78, 5) is 121. The van der Waals surface area contributed by atoms with E-state index < -0.39 is 51.4 Å². The number of aromatic hydroxyl groups is 2. The van der Waals surface area contributed by atoms with E-state index in [0.717, 1.165) is 110 Å². The molecule has 8 aromatic heterocycles. The number of carbonyl (C=O) groups is 4. The van der Waals surface area contributed by atoms with E-state index in [0.29, 0.717) is 96.3 Å². The molecule has 1 amide bonds. The topological polar surface area (TPSA) is 547 Å². The van der Waals surface area contributed by atoms with Gasteiger partial charge in [0.25, 0.3) is 11.1 Å². The molecule has 12 aromatic rings. The molecule has 15 rings (SSSR count). The Morgan fingerprint density at radius 1 is 0.526 bits per heavy atom. The molecule has 0 atom stereocenters. The normalized spacial score (nSPS) is 14.1. The van der Waals surface area contributed by atoms with Gasteiger partial charge in [0.1, 0.15) is 69.7 Å². The molecular formula is C89H103BrCl6N24O11S4. The van der Waals surface area contributed by atoms with Crippen LogP contribution in [0.3, 0.4) is 0 Å². The van der Waals surface area contributed by atoms with Gasteiger partial charge in [-0.15, -0.1) is 12.6 Å². The molecular weight excluding hydrogens is 2000 g/mol. The summed E-state index contributed by atoms with van der Waals surface area (Å²) in [6.45, 7) is 22.6. The average molecular weight is 2110 g/mol. The van der Waals surface area contributed by atoms with E-state index in [2.05, 4.69) is 124 Å². The van der Waals surface area contributed by atoms with Crippen LogP contribution >= 0.6 is 133 Å². The van der Waals surface area contributed by atoms with Crippen molar-refractivity contribution in [1.82, 2.24) is 69.3 Å². The summed E-state index contributed by atoms with van der Waals surface area (Å²) in [6, 6.07) is 31.1. The summed E-state index contributed by atoms with van der Waals surface area (Å²) in [6.07, 6.45) is 14.4. The molecule has 3 aliphatic rings. The molecule has 0 aliphatic carbocycles. The Balaban J connectivity index is 0.000000188. The van der Waals surface area contributed by atoms with Crippen LogP contribution in [0.1, 0.15) is 134 Å². The largest absolute Gasteiger partial charge is 0.493 e. The highest BCUT2D eigenvalue weighted by Gasteiger charge is 2.36.